The Labute approximate surface area is 87.4 Å². The molecule has 4 nitrogen and oxygen atoms in total. The summed E-state index contributed by atoms with van der Waals surface area (Å²) in [7, 11) is 2.06. The van der Waals surface area contributed by atoms with Crippen LogP contribution >= 0.6 is 0 Å². The molecule has 0 aliphatic carbocycles. The standard InChI is InChI=1S/C10H24N2O2/c1-4-13-10(14-5-2)6-8-12(3)9-7-11/h10H,4-9,11H2,1-3H3. The Morgan fingerprint density at radius 3 is 2.14 bits per heavy atom. The summed E-state index contributed by atoms with van der Waals surface area (Å²) in [6.45, 7) is 7.94. The molecular weight excluding hydrogens is 180 g/mol. The van der Waals surface area contributed by atoms with Gasteiger partial charge < -0.3 is 20.1 Å². The zero-order valence-corrected chi connectivity index (χ0v) is 9.66. The molecule has 0 atom stereocenters. The van der Waals surface area contributed by atoms with Gasteiger partial charge in [-0.1, -0.05) is 0 Å². The predicted octanol–water partition coefficient (Wildman–Crippen LogP) is 0.666. The molecule has 0 unspecified atom stereocenters. The molecule has 0 radical (unpaired) electrons. The molecule has 0 aliphatic heterocycles. The summed E-state index contributed by atoms with van der Waals surface area (Å²) in [6.07, 6.45) is 0.836. The lowest BCUT2D eigenvalue weighted by Gasteiger charge is -2.21. The van der Waals surface area contributed by atoms with Crippen LogP contribution in [0, 0.1) is 0 Å². The molecule has 0 rings (SSSR count). The molecule has 0 fully saturated rings. The van der Waals surface area contributed by atoms with Gasteiger partial charge in [0, 0.05) is 39.3 Å². The van der Waals surface area contributed by atoms with Crippen molar-refractivity contribution in [3.05, 3.63) is 0 Å². The van der Waals surface area contributed by atoms with Gasteiger partial charge in [-0.05, 0) is 20.9 Å². The monoisotopic (exact) mass is 204 g/mol. The molecule has 0 aromatic heterocycles. The smallest absolute Gasteiger partial charge is 0.158 e. The van der Waals surface area contributed by atoms with Gasteiger partial charge in [0.05, 0.1) is 0 Å². The van der Waals surface area contributed by atoms with Gasteiger partial charge in [0.2, 0.25) is 0 Å². The second-order valence-electron chi connectivity index (χ2n) is 3.22. The van der Waals surface area contributed by atoms with E-state index in [1.165, 1.54) is 0 Å². The second kappa shape index (κ2) is 9.40. The summed E-state index contributed by atoms with van der Waals surface area (Å²) in [4.78, 5) is 2.19. The fraction of sp³-hybridized carbons (Fsp3) is 1.00. The Balaban J connectivity index is 3.57. The molecular formula is C10H24N2O2. The van der Waals surface area contributed by atoms with Crippen LogP contribution in [0.1, 0.15) is 20.3 Å². The molecule has 0 saturated heterocycles. The van der Waals surface area contributed by atoms with Crippen LogP contribution in [0.15, 0.2) is 0 Å². The van der Waals surface area contributed by atoms with E-state index in [1.54, 1.807) is 0 Å². The quantitative estimate of drug-likeness (QED) is 0.561. The Hall–Kier alpha value is -0.160. The third-order valence-corrected chi connectivity index (χ3v) is 1.96. The van der Waals surface area contributed by atoms with E-state index in [2.05, 4.69) is 11.9 Å². The molecule has 0 aliphatic rings. The van der Waals surface area contributed by atoms with Crippen LogP contribution in [0.3, 0.4) is 0 Å². The number of likely N-dealkylation sites (N-methyl/N-ethyl adjacent to an activating group) is 1. The Morgan fingerprint density at radius 2 is 1.71 bits per heavy atom. The molecule has 0 aromatic rings. The SMILES string of the molecule is CCOC(CCN(C)CCN)OCC. The fourth-order valence-electron chi connectivity index (χ4n) is 1.24. The highest BCUT2D eigenvalue weighted by atomic mass is 16.7. The van der Waals surface area contributed by atoms with Gasteiger partial charge in [0.1, 0.15) is 0 Å². The number of nitrogens with zero attached hydrogens (tertiary/aromatic N) is 1. The third-order valence-electron chi connectivity index (χ3n) is 1.96. The maximum atomic E-state index is 5.45. The number of ether oxygens (including phenoxy) is 2. The zero-order chi connectivity index (χ0) is 10.8. The number of hydrogen-bond acceptors (Lipinski definition) is 4. The van der Waals surface area contributed by atoms with Gasteiger partial charge in [-0.3, -0.25) is 0 Å². The van der Waals surface area contributed by atoms with Crippen LogP contribution in [-0.4, -0.2) is 51.1 Å². The Kier molecular flexibility index (Phi) is 9.29. The third kappa shape index (κ3) is 7.26. The fourth-order valence-corrected chi connectivity index (χ4v) is 1.24. The summed E-state index contributed by atoms with van der Waals surface area (Å²) in [6, 6.07) is 0. The van der Waals surface area contributed by atoms with Crippen molar-refractivity contribution in [1.29, 1.82) is 0 Å². The highest BCUT2D eigenvalue weighted by Crippen LogP contribution is 2.01. The Bertz CT molecular complexity index is 117. The summed E-state index contributed by atoms with van der Waals surface area (Å²) in [5.41, 5.74) is 5.45. The van der Waals surface area contributed by atoms with Crippen molar-refractivity contribution >= 4 is 0 Å². The van der Waals surface area contributed by atoms with Crippen molar-refractivity contribution in [3.63, 3.8) is 0 Å². The number of hydrogen-bond donors (Lipinski definition) is 1. The molecule has 0 saturated carbocycles. The van der Waals surface area contributed by atoms with E-state index in [0.717, 1.165) is 19.5 Å². The molecule has 0 bridgehead atoms. The first-order chi connectivity index (χ1) is 6.74. The molecule has 4 heteroatoms. The lowest BCUT2D eigenvalue weighted by molar-refractivity contribution is -0.141. The second-order valence-corrected chi connectivity index (χ2v) is 3.22. The van der Waals surface area contributed by atoms with Crippen LogP contribution in [0.4, 0.5) is 0 Å². The molecule has 0 aromatic carbocycles. The van der Waals surface area contributed by atoms with Gasteiger partial charge in [0.25, 0.3) is 0 Å². The van der Waals surface area contributed by atoms with Gasteiger partial charge in [0.15, 0.2) is 6.29 Å². The van der Waals surface area contributed by atoms with E-state index in [0.29, 0.717) is 19.8 Å². The minimum atomic E-state index is -0.0646. The van der Waals surface area contributed by atoms with Crippen molar-refractivity contribution in [2.24, 2.45) is 5.73 Å². The van der Waals surface area contributed by atoms with Gasteiger partial charge in [-0.15, -0.1) is 0 Å². The highest BCUT2D eigenvalue weighted by Gasteiger charge is 2.08. The maximum absolute atomic E-state index is 5.45. The summed E-state index contributed by atoms with van der Waals surface area (Å²) in [5.74, 6) is 0. The minimum Gasteiger partial charge on any atom is -0.353 e. The van der Waals surface area contributed by atoms with Gasteiger partial charge in [-0.2, -0.15) is 0 Å². The molecule has 2 N–H and O–H groups in total. The summed E-state index contributed by atoms with van der Waals surface area (Å²) in [5, 5.41) is 0. The number of rotatable bonds is 9. The van der Waals surface area contributed by atoms with E-state index in [1.807, 2.05) is 13.8 Å². The first kappa shape index (κ1) is 13.8. The van der Waals surface area contributed by atoms with Gasteiger partial charge >= 0.3 is 0 Å². The van der Waals surface area contributed by atoms with Crippen molar-refractivity contribution in [3.8, 4) is 0 Å². The van der Waals surface area contributed by atoms with Crippen molar-refractivity contribution in [2.45, 2.75) is 26.6 Å². The minimum absolute atomic E-state index is 0.0646. The lowest BCUT2D eigenvalue weighted by Crippen LogP contribution is -2.30. The van der Waals surface area contributed by atoms with Crippen LogP contribution < -0.4 is 5.73 Å². The summed E-state index contributed by atoms with van der Waals surface area (Å²) >= 11 is 0. The van der Waals surface area contributed by atoms with Gasteiger partial charge in [-0.25, -0.2) is 0 Å². The first-order valence-corrected chi connectivity index (χ1v) is 5.36. The van der Waals surface area contributed by atoms with Crippen LogP contribution in [0.5, 0.6) is 0 Å². The van der Waals surface area contributed by atoms with Crippen LogP contribution in [0.25, 0.3) is 0 Å². The number of nitrogens with two attached hydrogens (primary N) is 1. The maximum Gasteiger partial charge on any atom is 0.158 e. The van der Waals surface area contributed by atoms with E-state index in [4.69, 9.17) is 15.2 Å². The van der Waals surface area contributed by atoms with Crippen molar-refractivity contribution in [2.75, 3.05) is 39.9 Å². The summed E-state index contributed by atoms with van der Waals surface area (Å²) < 4.78 is 10.9. The van der Waals surface area contributed by atoms with Crippen LogP contribution in [0.2, 0.25) is 0 Å². The van der Waals surface area contributed by atoms with Crippen molar-refractivity contribution < 1.29 is 9.47 Å². The Morgan fingerprint density at radius 1 is 1.14 bits per heavy atom. The molecule has 14 heavy (non-hydrogen) atoms. The average molecular weight is 204 g/mol. The van der Waals surface area contributed by atoms with E-state index in [-0.39, 0.29) is 6.29 Å². The van der Waals surface area contributed by atoms with Crippen molar-refractivity contribution in [1.82, 2.24) is 4.90 Å². The normalized spacial score (nSPS) is 11.6. The topological polar surface area (TPSA) is 47.7 Å². The van der Waals surface area contributed by atoms with E-state index >= 15 is 0 Å². The molecule has 86 valence electrons. The average Bonchev–Trinajstić information content (AvgIpc) is 2.15. The molecule has 0 amide bonds. The molecule has 0 spiro atoms. The predicted molar refractivity (Wildman–Crippen MR) is 58.2 cm³/mol. The zero-order valence-electron chi connectivity index (χ0n) is 9.66. The largest absolute Gasteiger partial charge is 0.353 e. The molecule has 0 heterocycles. The van der Waals surface area contributed by atoms with E-state index < -0.39 is 0 Å². The van der Waals surface area contributed by atoms with Crippen LogP contribution in [-0.2, 0) is 9.47 Å². The first-order valence-electron chi connectivity index (χ1n) is 5.36. The lowest BCUT2D eigenvalue weighted by atomic mass is 10.3. The van der Waals surface area contributed by atoms with E-state index in [9.17, 15) is 0 Å². The highest BCUT2D eigenvalue weighted by molar-refractivity contribution is 4.54.